The summed E-state index contributed by atoms with van der Waals surface area (Å²) in [4.78, 5) is 36.2. The number of carboxylic acids is 1. The minimum atomic E-state index is -1.15. The number of aromatic carboxylic acids is 1. The molecular formula is C22H19NO6. The van der Waals surface area contributed by atoms with Gasteiger partial charge in [-0.25, -0.2) is 4.79 Å². The van der Waals surface area contributed by atoms with E-state index in [-0.39, 0.29) is 16.9 Å². The summed E-state index contributed by atoms with van der Waals surface area (Å²) in [5.74, 6) is -1.43. The van der Waals surface area contributed by atoms with Crippen molar-refractivity contribution < 1.29 is 28.6 Å². The number of rotatable bonds is 7. The monoisotopic (exact) mass is 393 g/mol. The van der Waals surface area contributed by atoms with Gasteiger partial charge < -0.3 is 19.6 Å². The number of benzene rings is 2. The van der Waals surface area contributed by atoms with Crippen molar-refractivity contribution in [1.29, 1.82) is 0 Å². The van der Waals surface area contributed by atoms with Gasteiger partial charge in [-0.15, -0.1) is 0 Å². The maximum Gasteiger partial charge on any atom is 0.335 e. The van der Waals surface area contributed by atoms with E-state index in [1.165, 1.54) is 37.6 Å². The van der Waals surface area contributed by atoms with E-state index in [9.17, 15) is 19.5 Å². The Hall–Kier alpha value is -3.87. The van der Waals surface area contributed by atoms with Crippen LogP contribution in [0.25, 0.3) is 11.1 Å². The summed E-state index contributed by atoms with van der Waals surface area (Å²) in [5.41, 5.74) is 2.02. The first-order valence-electron chi connectivity index (χ1n) is 8.89. The lowest BCUT2D eigenvalue weighted by atomic mass is 9.98. The second-order valence-corrected chi connectivity index (χ2v) is 6.23. The van der Waals surface area contributed by atoms with Gasteiger partial charge in [-0.1, -0.05) is 6.07 Å². The highest BCUT2D eigenvalue weighted by atomic mass is 16.5. The molecule has 0 aliphatic carbocycles. The molecule has 7 nitrogen and oxygen atoms in total. The van der Waals surface area contributed by atoms with Crippen molar-refractivity contribution >= 4 is 23.3 Å². The zero-order chi connectivity index (χ0) is 21.0. The maximum atomic E-state index is 13.1. The molecular weight excluding hydrogens is 374 g/mol. The van der Waals surface area contributed by atoms with Crippen molar-refractivity contribution in [3.8, 4) is 16.9 Å². The Labute approximate surface area is 166 Å². The number of amides is 1. The summed E-state index contributed by atoms with van der Waals surface area (Å²) < 4.78 is 10.6. The molecule has 0 bridgehead atoms. The van der Waals surface area contributed by atoms with Crippen LogP contribution in [0, 0.1) is 0 Å². The molecule has 0 saturated heterocycles. The first-order chi connectivity index (χ1) is 13.9. The van der Waals surface area contributed by atoms with Crippen molar-refractivity contribution in [2.45, 2.75) is 13.8 Å². The fraction of sp³-hybridized carbons (Fsp3) is 0.136. The molecule has 0 saturated carbocycles. The smallest absolute Gasteiger partial charge is 0.335 e. The summed E-state index contributed by atoms with van der Waals surface area (Å²) in [6, 6.07) is 10.7. The molecule has 0 spiro atoms. The molecule has 0 fully saturated rings. The van der Waals surface area contributed by atoms with Crippen LogP contribution in [-0.2, 0) is 0 Å². The highest BCUT2D eigenvalue weighted by Crippen LogP contribution is 2.30. The average molecular weight is 393 g/mol. The molecule has 0 unspecified atom stereocenters. The van der Waals surface area contributed by atoms with Crippen LogP contribution in [0.3, 0.4) is 0 Å². The minimum absolute atomic E-state index is 0.0232. The first-order valence-corrected chi connectivity index (χ1v) is 8.89. The lowest BCUT2D eigenvalue weighted by Gasteiger charge is -2.14. The van der Waals surface area contributed by atoms with Gasteiger partial charge in [0, 0.05) is 16.7 Å². The van der Waals surface area contributed by atoms with Crippen LogP contribution in [0.15, 0.2) is 59.4 Å². The van der Waals surface area contributed by atoms with E-state index in [1.54, 1.807) is 31.2 Å². The fourth-order valence-electron chi connectivity index (χ4n) is 2.85. The van der Waals surface area contributed by atoms with Gasteiger partial charge in [-0.3, -0.25) is 9.59 Å². The van der Waals surface area contributed by atoms with Gasteiger partial charge in [-0.05, 0) is 55.8 Å². The molecule has 0 atom stereocenters. The summed E-state index contributed by atoms with van der Waals surface area (Å²) in [6.07, 6.45) is 2.93. The Morgan fingerprint density at radius 3 is 2.45 bits per heavy atom. The number of carbonyl (C=O) groups excluding carboxylic acids is 2. The number of ether oxygens (including phenoxy) is 1. The predicted molar refractivity (Wildman–Crippen MR) is 107 cm³/mol. The van der Waals surface area contributed by atoms with Gasteiger partial charge in [0.25, 0.3) is 5.91 Å². The van der Waals surface area contributed by atoms with Crippen LogP contribution in [0.1, 0.15) is 44.9 Å². The largest absolute Gasteiger partial charge is 0.492 e. The van der Waals surface area contributed by atoms with E-state index < -0.39 is 11.9 Å². The van der Waals surface area contributed by atoms with Crippen LogP contribution in [0.2, 0.25) is 0 Å². The number of carbonyl (C=O) groups is 3. The molecule has 7 heteroatoms. The molecule has 1 heterocycles. The van der Waals surface area contributed by atoms with Crippen LogP contribution in [0.4, 0.5) is 5.69 Å². The lowest BCUT2D eigenvalue weighted by Crippen LogP contribution is -2.15. The van der Waals surface area contributed by atoms with Crippen molar-refractivity contribution in [2.24, 2.45) is 0 Å². The molecule has 0 radical (unpaired) electrons. The van der Waals surface area contributed by atoms with Crippen LogP contribution >= 0.6 is 0 Å². The van der Waals surface area contributed by atoms with E-state index in [4.69, 9.17) is 9.15 Å². The van der Waals surface area contributed by atoms with Gasteiger partial charge in [0.1, 0.15) is 5.75 Å². The van der Waals surface area contributed by atoms with E-state index >= 15 is 0 Å². The first kappa shape index (κ1) is 19.9. The van der Waals surface area contributed by atoms with Gasteiger partial charge >= 0.3 is 5.97 Å². The Morgan fingerprint density at radius 1 is 1.07 bits per heavy atom. The van der Waals surface area contributed by atoms with Crippen LogP contribution in [-0.4, -0.2) is 29.4 Å². The number of carboxylic acid groups (broad SMARTS) is 1. The van der Waals surface area contributed by atoms with Crippen molar-refractivity contribution in [2.75, 3.05) is 11.9 Å². The molecule has 1 amide bonds. The zero-order valence-electron chi connectivity index (χ0n) is 15.9. The third kappa shape index (κ3) is 4.35. The normalized spacial score (nSPS) is 10.4. The molecule has 1 aromatic heterocycles. The van der Waals surface area contributed by atoms with Gasteiger partial charge in [0.15, 0.2) is 5.78 Å². The second-order valence-electron chi connectivity index (χ2n) is 6.23. The Kier molecular flexibility index (Phi) is 5.78. The molecule has 2 aromatic carbocycles. The van der Waals surface area contributed by atoms with Gasteiger partial charge in [0.2, 0.25) is 0 Å². The average Bonchev–Trinajstić information content (AvgIpc) is 3.23. The lowest BCUT2D eigenvalue weighted by molar-refractivity contribution is 0.0696. The van der Waals surface area contributed by atoms with E-state index in [1.807, 2.05) is 0 Å². The standard InChI is InChI=1S/C22H19NO6/c1-3-29-20-7-5-14(13(2)24)11-19(20)23-21(25)18-10-15(22(26)27)4-6-17(18)16-8-9-28-12-16/h4-12H,3H2,1-2H3,(H,23,25)(H,26,27). The summed E-state index contributed by atoms with van der Waals surface area (Å²) in [6.45, 7) is 3.60. The highest BCUT2D eigenvalue weighted by molar-refractivity contribution is 6.11. The number of ketones is 1. The van der Waals surface area contributed by atoms with E-state index in [0.717, 1.165) is 0 Å². The quantitative estimate of drug-likeness (QED) is 0.573. The Bertz CT molecular complexity index is 1070. The Balaban J connectivity index is 2.05. The second kappa shape index (κ2) is 8.43. The molecule has 148 valence electrons. The molecule has 3 aromatic rings. The van der Waals surface area contributed by atoms with Crippen molar-refractivity contribution in [3.05, 3.63) is 71.7 Å². The van der Waals surface area contributed by atoms with Crippen molar-refractivity contribution in [1.82, 2.24) is 0 Å². The third-order valence-electron chi connectivity index (χ3n) is 4.28. The zero-order valence-corrected chi connectivity index (χ0v) is 15.9. The molecule has 3 rings (SSSR count). The van der Waals surface area contributed by atoms with Crippen molar-refractivity contribution in [3.63, 3.8) is 0 Å². The number of anilines is 1. The topological polar surface area (TPSA) is 106 Å². The Morgan fingerprint density at radius 2 is 1.83 bits per heavy atom. The molecule has 0 aliphatic heterocycles. The maximum absolute atomic E-state index is 13.1. The van der Waals surface area contributed by atoms with Gasteiger partial charge in [0.05, 0.1) is 30.4 Å². The molecule has 2 N–H and O–H groups in total. The number of hydrogen-bond acceptors (Lipinski definition) is 5. The number of nitrogens with one attached hydrogen (secondary N) is 1. The summed E-state index contributed by atoms with van der Waals surface area (Å²) >= 11 is 0. The third-order valence-corrected chi connectivity index (χ3v) is 4.28. The predicted octanol–water partition coefficient (Wildman–Crippen LogP) is 4.50. The number of Topliss-reactive ketones (excluding diaryl/α,β-unsaturated/α-hetero) is 1. The van der Waals surface area contributed by atoms with E-state index in [2.05, 4.69) is 5.32 Å². The van der Waals surface area contributed by atoms with E-state index in [0.29, 0.717) is 34.7 Å². The number of hydrogen-bond donors (Lipinski definition) is 2. The SMILES string of the molecule is CCOc1ccc(C(C)=O)cc1NC(=O)c1cc(C(=O)O)ccc1-c1ccoc1. The molecule has 29 heavy (non-hydrogen) atoms. The number of furan rings is 1. The van der Waals surface area contributed by atoms with Crippen LogP contribution in [0.5, 0.6) is 5.75 Å². The fourth-order valence-corrected chi connectivity index (χ4v) is 2.85. The summed E-state index contributed by atoms with van der Waals surface area (Å²) in [7, 11) is 0. The highest BCUT2D eigenvalue weighted by Gasteiger charge is 2.19. The van der Waals surface area contributed by atoms with Gasteiger partial charge in [-0.2, -0.15) is 0 Å². The summed E-state index contributed by atoms with van der Waals surface area (Å²) in [5, 5.41) is 12.0. The van der Waals surface area contributed by atoms with Crippen LogP contribution < -0.4 is 10.1 Å². The molecule has 0 aliphatic rings. The minimum Gasteiger partial charge on any atom is -0.492 e.